The molecule has 0 N–H and O–H groups in total. The first-order chi connectivity index (χ1) is 4.86. The van der Waals surface area contributed by atoms with E-state index in [4.69, 9.17) is 0 Å². The number of alkyl halides is 2. The highest BCUT2D eigenvalue weighted by Crippen LogP contribution is 2.17. The molecule has 11 heavy (non-hydrogen) atoms. The fourth-order valence-electron chi connectivity index (χ4n) is 0.241. The van der Waals surface area contributed by atoms with E-state index >= 15 is 0 Å². The average molecular weight is 186 g/mol. The normalized spacial score (nSPS) is 15.2. The topological polar surface area (TPSA) is 69.4 Å². The van der Waals surface area contributed by atoms with Gasteiger partial charge in [0.25, 0.3) is 0 Å². The Hall–Kier alpha value is -0.910. The minimum absolute atomic E-state index is 0.825. The van der Waals surface area contributed by atoms with Gasteiger partial charge in [0.15, 0.2) is 0 Å². The lowest BCUT2D eigenvalue weighted by Crippen LogP contribution is -2.32. The van der Waals surface area contributed by atoms with Crippen LogP contribution in [0.2, 0.25) is 0 Å². The van der Waals surface area contributed by atoms with Gasteiger partial charge in [0.1, 0.15) is 0 Å². The summed E-state index contributed by atoms with van der Waals surface area (Å²) in [6.07, 6.45) is 0. The maximum atomic E-state index is 12.4. The lowest BCUT2D eigenvalue weighted by atomic mass is 10.6. The first kappa shape index (κ1) is 10.1. The SMILES string of the molecule is CC(=O)OCC(F)(Cl)[N+](=O)[O-]. The number of carbonyl (C=O) groups excluding carboxylic acids is 1. The van der Waals surface area contributed by atoms with E-state index in [9.17, 15) is 19.3 Å². The molecule has 0 radical (unpaired) electrons. The van der Waals surface area contributed by atoms with Gasteiger partial charge >= 0.3 is 11.2 Å². The minimum atomic E-state index is -3.22. The Morgan fingerprint density at radius 2 is 2.36 bits per heavy atom. The molecule has 0 aliphatic heterocycles. The van der Waals surface area contributed by atoms with Gasteiger partial charge in [-0.3, -0.25) is 14.9 Å². The van der Waals surface area contributed by atoms with Crippen molar-refractivity contribution < 1.29 is 18.8 Å². The molecule has 0 spiro atoms. The molecular formula is C4H5ClFNO4. The van der Waals surface area contributed by atoms with E-state index in [2.05, 4.69) is 16.3 Å². The molecule has 0 aromatic rings. The van der Waals surface area contributed by atoms with Crippen LogP contribution in [0.4, 0.5) is 4.39 Å². The van der Waals surface area contributed by atoms with Gasteiger partial charge in [-0.15, -0.1) is 4.39 Å². The molecule has 0 rings (SSSR count). The molecular weight excluding hydrogens is 180 g/mol. The Bertz CT molecular complexity index is 183. The van der Waals surface area contributed by atoms with Gasteiger partial charge in [0.2, 0.25) is 6.61 Å². The quantitative estimate of drug-likeness (QED) is 0.213. The second-order valence-corrected chi connectivity index (χ2v) is 2.28. The molecule has 0 bridgehead atoms. The van der Waals surface area contributed by atoms with Gasteiger partial charge in [-0.2, -0.15) is 0 Å². The van der Waals surface area contributed by atoms with Crippen LogP contribution in [0.15, 0.2) is 0 Å². The van der Waals surface area contributed by atoms with Crippen LogP contribution >= 0.6 is 11.6 Å². The third-order valence-electron chi connectivity index (χ3n) is 0.716. The predicted octanol–water partition coefficient (Wildman–Crippen LogP) is 0.688. The van der Waals surface area contributed by atoms with Gasteiger partial charge in [-0.05, 0) is 0 Å². The highest BCUT2D eigenvalue weighted by Gasteiger charge is 2.42. The van der Waals surface area contributed by atoms with Gasteiger partial charge < -0.3 is 4.74 Å². The van der Waals surface area contributed by atoms with Crippen LogP contribution in [0.25, 0.3) is 0 Å². The number of ether oxygens (including phenoxy) is 1. The smallest absolute Gasteiger partial charge is 0.453 e. The van der Waals surface area contributed by atoms with Crippen molar-refractivity contribution in [2.45, 2.75) is 12.2 Å². The van der Waals surface area contributed by atoms with E-state index in [1.807, 2.05) is 0 Å². The zero-order chi connectivity index (χ0) is 9.07. The van der Waals surface area contributed by atoms with Crippen molar-refractivity contribution in [2.75, 3.05) is 6.61 Å². The summed E-state index contributed by atoms with van der Waals surface area (Å²) in [5.74, 6) is -0.825. The van der Waals surface area contributed by atoms with Crippen molar-refractivity contribution in [2.24, 2.45) is 0 Å². The monoisotopic (exact) mass is 185 g/mol. The molecule has 0 saturated carbocycles. The molecule has 5 nitrogen and oxygen atoms in total. The summed E-state index contributed by atoms with van der Waals surface area (Å²) >= 11 is 4.67. The fraction of sp³-hybridized carbons (Fsp3) is 0.750. The van der Waals surface area contributed by atoms with E-state index < -0.39 is 22.8 Å². The van der Waals surface area contributed by atoms with Crippen LogP contribution < -0.4 is 0 Å². The molecule has 7 heteroatoms. The predicted molar refractivity (Wildman–Crippen MR) is 33.3 cm³/mol. The second-order valence-electron chi connectivity index (χ2n) is 1.70. The van der Waals surface area contributed by atoms with E-state index in [0.29, 0.717) is 0 Å². The van der Waals surface area contributed by atoms with E-state index in [1.165, 1.54) is 0 Å². The highest BCUT2D eigenvalue weighted by atomic mass is 35.5. The Morgan fingerprint density at radius 1 is 1.91 bits per heavy atom. The molecule has 0 heterocycles. The van der Waals surface area contributed by atoms with Gasteiger partial charge in [-0.25, -0.2) is 0 Å². The molecule has 1 atom stereocenters. The standard InChI is InChI=1S/C4H5ClFNO4/c1-3(8)11-2-4(5,6)7(9)10/h2H2,1H3. The van der Waals surface area contributed by atoms with Crippen LogP contribution in [-0.2, 0) is 9.53 Å². The lowest BCUT2D eigenvalue weighted by molar-refractivity contribution is -0.577. The van der Waals surface area contributed by atoms with Crippen molar-refractivity contribution >= 4 is 17.6 Å². The van der Waals surface area contributed by atoms with Crippen molar-refractivity contribution in [1.29, 1.82) is 0 Å². The Morgan fingerprint density at radius 3 is 2.64 bits per heavy atom. The highest BCUT2D eigenvalue weighted by molar-refractivity contribution is 6.21. The maximum absolute atomic E-state index is 12.4. The van der Waals surface area contributed by atoms with E-state index in [1.54, 1.807) is 0 Å². The van der Waals surface area contributed by atoms with Crippen molar-refractivity contribution in [3.63, 3.8) is 0 Å². The first-order valence-electron chi connectivity index (χ1n) is 2.52. The summed E-state index contributed by atoms with van der Waals surface area (Å²) < 4.78 is 16.3. The van der Waals surface area contributed by atoms with Crippen molar-refractivity contribution in [3.05, 3.63) is 10.1 Å². The van der Waals surface area contributed by atoms with Crippen molar-refractivity contribution in [1.82, 2.24) is 0 Å². The van der Waals surface area contributed by atoms with Gasteiger partial charge in [0, 0.05) is 18.5 Å². The summed E-state index contributed by atoms with van der Waals surface area (Å²) in [6, 6.07) is 0. The molecule has 0 fully saturated rings. The van der Waals surface area contributed by atoms with Crippen LogP contribution in [0.1, 0.15) is 6.92 Å². The van der Waals surface area contributed by atoms with Crippen LogP contribution in [0.3, 0.4) is 0 Å². The summed E-state index contributed by atoms with van der Waals surface area (Å²) in [5, 5.41) is 6.52. The molecule has 0 saturated heterocycles. The third kappa shape index (κ3) is 3.72. The zero-order valence-corrected chi connectivity index (χ0v) is 6.30. The molecule has 0 amide bonds. The number of nitrogens with zero attached hydrogens (tertiary/aromatic N) is 1. The van der Waals surface area contributed by atoms with Crippen LogP contribution in [0, 0.1) is 10.1 Å². The Balaban J connectivity index is 3.92. The summed E-state index contributed by atoms with van der Waals surface area (Å²) in [7, 11) is 0. The molecule has 0 aromatic heterocycles. The molecule has 64 valence electrons. The first-order valence-corrected chi connectivity index (χ1v) is 2.90. The fourth-order valence-corrected chi connectivity index (χ4v) is 0.296. The number of halogens is 2. The number of hydrogen-bond donors (Lipinski definition) is 0. The molecule has 0 aliphatic rings. The van der Waals surface area contributed by atoms with Crippen molar-refractivity contribution in [3.8, 4) is 0 Å². The summed E-state index contributed by atoms with van der Waals surface area (Å²) in [6.45, 7) is -0.0934. The number of esters is 1. The number of rotatable bonds is 3. The molecule has 0 aromatic carbocycles. The van der Waals surface area contributed by atoms with Crippen LogP contribution in [-0.4, -0.2) is 22.8 Å². The van der Waals surface area contributed by atoms with Gasteiger partial charge in [-0.1, -0.05) is 0 Å². The summed E-state index contributed by atoms with van der Waals surface area (Å²) in [4.78, 5) is 18.4. The Labute approximate surface area is 66.2 Å². The minimum Gasteiger partial charge on any atom is -0.453 e. The summed E-state index contributed by atoms with van der Waals surface area (Å²) in [5.41, 5.74) is 0. The van der Waals surface area contributed by atoms with E-state index in [0.717, 1.165) is 6.92 Å². The van der Waals surface area contributed by atoms with E-state index in [-0.39, 0.29) is 0 Å². The lowest BCUT2D eigenvalue weighted by Gasteiger charge is -2.07. The molecule has 1 unspecified atom stereocenters. The van der Waals surface area contributed by atoms with Gasteiger partial charge in [0.05, 0.1) is 4.92 Å². The third-order valence-corrected chi connectivity index (χ3v) is 0.963. The Kier molecular flexibility index (Phi) is 3.18. The second kappa shape index (κ2) is 3.47. The molecule has 0 aliphatic carbocycles. The maximum Gasteiger partial charge on any atom is 0.471 e. The number of nitro groups is 1. The number of carbonyl (C=O) groups is 1. The average Bonchev–Trinajstić information content (AvgIpc) is 1.84. The zero-order valence-electron chi connectivity index (χ0n) is 5.54. The van der Waals surface area contributed by atoms with Crippen LogP contribution in [0.5, 0.6) is 0 Å². The largest absolute Gasteiger partial charge is 0.471 e. The number of hydrogen-bond acceptors (Lipinski definition) is 4.